The maximum Gasteiger partial charge on any atom is 0.194 e. The van der Waals surface area contributed by atoms with E-state index in [0.29, 0.717) is 18.5 Å². The number of likely N-dealkylation sites (tertiary alicyclic amines) is 1. The molecule has 0 bridgehead atoms. The van der Waals surface area contributed by atoms with Gasteiger partial charge in [0.05, 0.1) is 12.4 Å². The zero-order valence-electron chi connectivity index (χ0n) is 15.7. The molecule has 1 fully saturated rings. The monoisotopic (exact) mass is 472 g/mol. The van der Waals surface area contributed by atoms with Crippen LogP contribution in [-0.4, -0.2) is 54.8 Å². The number of guanidine groups is 1. The zero-order valence-corrected chi connectivity index (χ0v) is 18.1. The van der Waals surface area contributed by atoms with Crippen LogP contribution in [0.4, 0.5) is 0 Å². The van der Waals surface area contributed by atoms with Crippen LogP contribution in [0.15, 0.2) is 30.0 Å². The maximum atomic E-state index is 4.81. The molecule has 3 heterocycles. The van der Waals surface area contributed by atoms with Gasteiger partial charge < -0.3 is 19.4 Å². The van der Waals surface area contributed by atoms with Gasteiger partial charge in [0.15, 0.2) is 11.8 Å². The minimum Gasteiger partial charge on any atom is -0.357 e. The highest BCUT2D eigenvalue weighted by atomic mass is 127. The highest BCUT2D eigenvalue weighted by Crippen LogP contribution is 2.27. The lowest BCUT2D eigenvalue weighted by Gasteiger charge is -2.39. The summed E-state index contributed by atoms with van der Waals surface area (Å²) in [4.78, 5) is 11.4. The number of imidazole rings is 1. The maximum absolute atomic E-state index is 4.81. The number of aliphatic imine (C=N–C) groups is 1. The number of aryl methyl sites for hydroxylation is 1. The summed E-state index contributed by atoms with van der Waals surface area (Å²) >= 11 is 0. The molecule has 2 atom stereocenters. The topological polar surface area (TPSA) is 76.2 Å². The Morgan fingerprint density at radius 2 is 2.19 bits per heavy atom. The van der Waals surface area contributed by atoms with Crippen molar-refractivity contribution in [3.05, 3.63) is 30.9 Å². The van der Waals surface area contributed by atoms with Gasteiger partial charge in [0.1, 0.15) is 12.9 Å². The first-order valence-electron chi connectivity index (χ1n) is 9.10. The Morgan fingerprint density at radius 3 is 2.88 bits per heavy atom. The standard InChI is InChI=1S/C17H28N8.HI/c1-4-19-17(20-10-16-22-21-13-23(16)5-2)24-8-6-14(3)15(11-24)25-9-7-18-12-25;/h7,9,12-15H,4-6,8,10-11H2,1-3H3,(H,19,20);1H. The van der Waals surface area contributed by atoms with E-state index in [1.165, 1.54) is 0 Å². The molecule has 3 rings (SSSR count). The van der Waals surface area contributed by atoms with E-state index in [1.807, 2.05) is 17.1 Å². The summed E-state index contributed by atoms with van der Waals surface area (Å²) in [6, 6.07) is 0.416. The molecule has 2 aromatic rings. The number of aromatic nitrogens is 5. The first-order chi connectivity index (χ1) is 12.2. The van der Waals surface area contributed by atoms with Gasteiger partial charge in [-0.05, 0) is 26.2 Å². The predicted octanol–water partition coefficient (Wildman–Crippen LogP) is 2.16. The highest BCUT2D eigenvalue weighted by molar-refractivity contribution is 14.0. The predicted molar refractivity (Wildman–Crippen MR) is 113 cm³/mol. The molecule has 0 amide bonds. The number of hydrogen-bond donors (Lipinski definition) is 1. The normalized spacial score (nSPS) is 20.7. The highest BCUT2D eigenvalue weighted by Gasteiger charge is 2.28. The van der Waals surface area contributed by atoms with E-state index in [-0.39, 0.29) is 24.0 Å². The van der Waals surface area contributed by atoms with Gasteiger partial charge in [0, 0.05) is 38.6 Å². The van der Waals surface area contributed by atoms with Crippen molar-refractivity contribution in [1.29, 1.82) is 0 Å². The molecule has 144 valence electrons. The Bertz CT molecular complexity index is 681. The van der Waals surface area contributed by atoms with Crippen molar-refractivity contribution >= 4 is 29.9 Å². The molecule has 8 nitrogen and oxygen atoms in total. The van der Waals surface area contributed by atoms with Crippen LogP contribution in [-0.2, 0) is 13.1 Å². The summed E-state index contributed by atoms with van der Waals surface area (Å²) in [7, 11) is 0. The number of hydrogen-bond acceptors (Lipinski definition) is 4. The molecule has 26 heavy (non-hydrogen) atoms. The second-order valence-electron chi connectivity index (χ2n) is 6.49. The Labute approximate surface area is 172 Å². The number of nitrogens with zero attached hydrogens (tertiary/aromatic N) is 7. The quantitative estimate of drug-likeness (QED) is 0.410. The molecule has 1 saturated heterocycles. The molecule has 0 spiro atoms. The van der Waals surface area contributed by atoms with Crippen molar-refractivity contribution in [2.24, 2.45) is 10.9 Å². The van der Waals surface area contributed by atoms with E-state index in [0.717, 1.165) is 44.4 Å². The lowest BCUT2D eigenvalue weighted by atomic mass is 9.93. The van der Waals surface area contributed by atoms with Crippen molar-refractivity contribution in [2.75, 3.05) is 19.6 Å². The van der Waals surface area contributed by atoms with Crippen molar-refractivity contribution in [3.8, 4) is 0 Å². The Morgan fingerprint density at radius 1 is 1.35 bits per heavy atom. The Kier molecular flexibility index (Phi) is 7.85. The van der Waals surface area contributed by atoms with Gasteiger partial charge >= 0.3 is 0 Å². The molecule has 0 aromatic carbocycles. The second-order valence-corrected chi connectivity index (χ2v) is 6.49. The van der Waals surface area contributed by atoms with Crippen LogP contribution in [0.1, 0.15) is 39.1 Å². The number of halogens is 1. The number of piperidine rings is 1. The van der Waals surface area contributed by atoms with Crippen LogP contribution < -0.4 is 5.32 Å². The van der Waals surface area contributed by atoms with Gasteiger partial charge in [0.2, 0.25) is 0 Å². The molecule has 1 N–H and O–H groups in total. The fourth-order valence-corrected chi connectivity index (χ4v) is 3.33. The fraction of sp³-hybridized carbons (Fsp3) is 0.647. The summed E-state index contributed by atoms with van der Waals surface area (Å²) in [5.41, 5.74) is 0. The number of rotatable bonds is 5. The van der Waals surface area contributed by atoms with Crippen molar-refractivity contribution < 1.29 is 0 Å². The molecule has 9 heteroatoms. The number of nitrogens with one attached hydrogen (secondary N) is 1. The van der Waals surface area contributed by atoms with Gasteiger partial charge in [-0.25, -0.2) is 9.98 Å². The Hall–Kier alpha value is -1.65. The summed E-state index contributed by atoms with van der Waals surface area (Å²) in [6.45, 7) is 10.7. The van der Waals surface area contributed by atoms with Crippen LogP contribution in [0, 0.1) is 5.92 Å². The van der Waals surface area contributed by atoms with Crippen LogP contribution in [0.5, 0.6) is 0 Å². The van der Waals surface area contributed by atoms with Crippen LogP contribution >= 0.6 is 24.0 Å². The summed E-state index contributed by atoms with van der Waals surface area (Å²) in [5, 5.41) is 11.6. The molecule has 1 aliphatic heterocycles. The lowest BCUT2D eigenvalue weighted by Crippen LogP contribution is -2.49. The Balaban J connectivity index is 0.00000243. The second kappa shape index (κ2) is 9.89. The van der Waals surface area contributed by atoms with Gasteiger partial charge in [-0.3, -0.25) is 0 Å². The molecule has 0 saturated carbocycles. The molecule has 1 aliphatic rings. The van der Waals surface area contributed by atoms with Gasteiger partial charge in [-0.15, -0.1) is 34.2 Å². The third-order valence-corrected chi connectivity index (χ3v) is 4.87. The summed E-state index contributed by atoms with van der Waals surface area (Å²) < 4.78 is 4.24. The minimum atomic E-state index is 0. The van der Waals surface area contributed by atoms with Crippen LogP contribution in [0.3, 0.4) is 0 Å². The summed E-state index contributed by atoms with van der Waals surface area (Å²) in [5.74, 6) is 2.47. The van der Waals surface area contributed by atoms with Crippen LogP contribution in [0.2, 0.25) is 0 Å². The first kappa shape index (κ1) is 20.7. The fourth-order valence-electron chi connectivity index (χ4n) is 3.33. The van der Waals surface area contributed by atoms with Gasteiger partial charge in [0.25, 0.3) is 0 Å². The SMILES string of the molecule is CCNC(=NCc1nncn1CC)N1CCC(C)C(n2ccnc2)C1.I. The van der Waals surface area contributed by atoms with E-state index in [2.05, 4.69) is 56.9 Å². The molecule has 0 radical (unpaired) electrons. The lowest BCUT2D eigenvalue weighted by molar-refractivity contribution is 0.189. The molecular formula is C17H29IN8. The first-order valence-corrected chi connectivity index (χ1v) is 9.10. The third kappa shape index (κ3) is 4.74. The smallest absolute Gasteiger partial charge is 0.194 e. The summed E-state index contributed by atoms with van der Waals surface area (Å²) in [6.07, 6.45) is 8.72. The van der Waals surface area contributed by atoms with Crippen molar-refractivity contribution in [3.63, 3.8) is 0 Å². The molecule has 2 aromatic heterocycles. The van der Waals surface area contributed by atoms with Crippen LogP contribution in [0.25, 0.3) is 0 Å². The van der Waals surface area contributed by atoms with E-state index in [4.69, 9.17) is 4.99 Å². The average molecular weight is 472 g/mol. The van der Waals surface area contributed by atoms with Crippen molar-refractivity contribution in [2.45, 2.75) is 46.3 Å². The van der Waals surface area contributed by atoms with Gasteiger partial charge in [-0.1, -0.05) is 6.92 Å². The van der Waals surface area contributed by atoms with E-state index >= 15 is 0 Å². The van der Waals surface area contributed by atoms with Gasteiger partial charge in [-0.2, -0.15) is 0 Å². The van der Waals surface area contributed by atoms with E-state index < -0.39 is 0 Å². The largest absolute Gasteiger partial charge is 0.357 e. The molecule has 2 unspecified atom stereocenters. The third-order valence-electron chi connectivity index (χ3n) is 4.87. The van der Waals surface area contributed by atoms with E-state index in [1.54, 1.807) is 6.33 Å². The zero-order chi connectivity index (χ0) is 17.6. The molecular weight excluding hydrogens is 443 g/mol. The minimum absolute atomic E-state index is 0. The van der Waals surface area contributed by atoms with E-state index in [9.17, 15) is 0 Å². The molecule has 0 aliphatic carbocycles. The van der Waals surface area contributed by atoms with Crippen molar-refractivity contribution in [1.82, 2.24) is 34.5 Å². The average Bonchev–Trinajstić information content (AvgIpc) is 3.30.